The molecule has 1 heterocycles. The lowest BCUT2D eigenvalue weighted by atomic mass is 9.66. The Morgan fingerprint density at radius 2 is 1.91 bits per heavy atom. The van der Waals surface area contributed by atoms with Gasteiger partial charge >= 0.3 is 0 Å². The number of aliphatic hydroxyl groups excluding tert-OH is 2. The predicted octanol–water partition coefficient (Wildman–Crippen LogP) is 0.789. The number of phenolic OH excluding ortho intramolecular Hbond substituents is 1. The van der Waals surface area contributed by atoms with Gasteiger partial charge in [0.25, 0.3) is 0 Å². The number of carbonyl (C=O) groups excluding carboxylic acids is 2. The predicted molar refractivity (Wildman–Crippen MR) is 129 cm³/mol. The molecule has 0 fully saturated rings. The number of hydrogen-bond acceptors (Lipinski definition) is 8. The summed E-state index contributed by atoms with van der Waals surface area (Å²) >= 11 is 0. The number of ketones is 2. The van der Waals surface area contributed by atoms with Crippen molar-refractivity contribution in [1.82, 2.24) is 0 Å². The lowest BCUT2D eigenvalue weighted by molar-refractivity contribution is -0.131. The first-order valence-electron chi connectivity index (χ1n) is 10.9. The molecule has 0 saturated carbocycles. The maximum Gasteiger partial charge on any atom is 0.198 e. The van der Waals surface area contributed by atoms with Gasteiger partial charge in [0.2, 0.25) is 0 Å². The summed E-state index contributed by atoms with van der Waals surface area (Å²) in [6.45, 7) is 5.00. The Labute approximate surface area is 202 Å². The number of anilines is 1. The van der Waals surface area contributed by atoms with Crippen LogP contribution in [0, 0.1) is 30.1 Å². The van der Waals surface area contributed by atoms with Crippen molar-refractivity contribution in [3.8, 4) is 29.9 Å². The van der Waals surface area contributed by atoms with Crippen molar-refractivity contribution >= 4 is 17.3 Å². The topological polar surface area (TPSA) is 153 Å². The molecule has 0 saturated heterocycles. The molecule has 1 aliphatic carbocycles. The summed E-state index contributed by atoms with van der Waals surface area (Å²) in [6, 6.07) is 4.63. The third-order valence-corrected chi connectivity index (χ3v) is 6.61. The van der Waals surface area contributed by atoms with Crippen LogP contribution < -0.4 is 11.1 Å². The molecule has 8 nitrogen and oxygen atoms in total. The Morgan fingerprint density at radius 3 is 2.51 bits per heavy atom. The van der Waals surface area contributed by atoms with Crippen molar-refractivity contribution in [3.05, 3.63) is 70.3 Å². The van der Waals surface area contributed by atoms with Gasteiger partial charge in [0.05, 0.1) is 34.9 Å². The normalized spacial score (nSPS) is 23.9. The molecule has 4 rings (SSSR count). The fraction of sp³-hybridized carbons (Fsp3) is 0.259. The molecule has 2 aromatic rings. The first kappa shape index (κ1) is 24.2. The Morgan fingerprint density at radius 1 is 1.23 bits per heavy atom. The van der Waals surface area contributed by atoms with Gasteiger partial charge in [0.1, 0.15) is 17.5 Å². The number of carbonyl (C=O) groups is 2. The van der Waals surface area contributed by atoms with Crippen LogP contribution in [0.3, 0.4) is 0 Å². The van der Waals surface area contributed by atoms with Gasteiger partial charge in [0.15, 0.2) is 11.6 Å². The van der Waals surface area contributed by atoms with Crippen LogP contribution >= 0.6 is 0 Å². The Hall–Kier alpha value is -3.92. The first-order chi connectivity index (χ1) is 16.6. The summed E-state index contributed by atoms with van der Waals surface area (Å²) in [5, 5.41) is 47.2. The molecule has 178 valence electrons. The van der Waals surface area contributed by atoms with Gasteiger partial charge in [0, 0.05) is 23.2 Å². The molecular weight excluding hydrogens is 448 g/mol. The van der Waals surface area contributed by atoms with Crippen LogP contribution in [-0.2, 0) is 12.1 Å². The van der Waals surface area contributed by atoms with E-state index < -0.39 is 47.1 Å². The lowest BCUT2D eigenvalue weighted by Crippen LogP contribution is -2.58. The fourth-order valence-electron chi connectivity index (χ4n) is 5.01. The number of rotatable bonds is 3. The largest absolute Gasteiger partial charge is 0.507 e. The standard InChI is InChI=1S/C27H24N2O6/c1-4-6-7-20(32)27(35)17-11-19(31)21-22(24(17)29-18(5-2)23(27)13(3)30)25(33)15-9-8-14(12-28)10-16(15)26(21)34/h2,4,8-11,13,18,20,23,29-32,35H,1,12,28H2,3H3/t13-,18+,20-,23?,27+/m1/s1. The fourth-order valence-corrected chi connectivity index (χ4v) is 5.01. The van der Waals surface area contributed by atoms with Gasteiger partial charge in [-0.2, -0.15) is 0 Å². The second-order valence-electron chi connectivity index (χ2n) is 8.59. The first-order valence-corrected chi connectivity index (χ1v) is 10.9. The molecule has 0 radical (unpaired) electrons. The van der Waals surface area contributed by atoms with Gasteiger partial charge in [-0.15, -0.1) is 6.42 Å². The van der Waals surface area contributed by atoms with E-state index in [1.807, 2.05) is 0 Å². The summed E-state index contributed by atoms with van der Waals surface area (Å²) < 4.78 is 0. The van der Waals surface area contributed by atoms with E-state index in [1.54, 1.807) is 6.07 Å². The van der Waals surface area contributed by atoms with E-state index in [4.69, 9.17) is 12.2 Å². The highest BCUT2D eigenvalue weighted by atomic mass is 16.3. The van der Waals surface area contributed by atoms with Crippen molar-refractivity contribution in [2.75, 3.05) is 5.32 Å². The summed E-state index contributed by atoms with van der Waals surface area (Å²) in [6.07, 6.45) is 3.89. The van der Waals surface area contributed by atoms with Crippen molar-refractivity contribution in [1.29, 1.82) is 0 Å². The zero-order valence-corrected chi connectivity index (χ0v) is 18.9. The smallest absolute Gasteiger partial charge is 0.198 e. The van der Waals surface area contributed by atoms with Gasteiger partial charge in [-0.05, 0) is 36.8 Å². The number of aromatic hydroxyl groups is 1. The molecule has 5 atom stereocenters. The molecule has 2 aromatic carbocycles. The number of phenols is 1. The number of nitrogens with one attached hydrogen (secondary N) is 1. The highest BCUT2D eigenvalue weighted by Gasteiger charge is 2.55. The second kappa shape index (κ2) is 8.70. The molecule has 0 bridgehead atoms. The van der Waals surface area contributed by atoms with Crippen molar-refractivity contribution in [2.45, 2.75) is 37.3 Å². The van der Waals surface area contributed by atoms with Crippen molar-refractivity contribution in [3.63, 3.8) is 0 Å². The SMILES string of the molecule is C#C[C@@H]1Nc2c(cc(O)c3c2C(=O)c2ccc(CN)cc2C3=O)[C@](O)([C@H](O)C#CC=C)C1[C@@H](C)O. The van der Waals surface area contributed by atoms with E-state index in [-0.39, 0.29) is 40.0 Å². The van der Waals surface area contributed by atoms with E-state index in [2.05, 4.69) is 29.7 Å². The van der Waals surface area contributed by atoms with Gasteiger partial charge in [-0.1, -0.05) is 30.4 Å². The quantitative estimate of drug-likeness (QED) is 0.242. The zero-order valence-electron chi connectivity index (χ0n) is 18.9. The maximum atomic E-state index is 13.6. The van der Waals surface area contributed by atoms with Crippen LogP contribution in [0.2, 0.25) is 0 Å². The average Bonchev–Trinajstić information content (AvgIpc) is 2.84. The monoisotopic (exact) mass is 472 g/mol. The van der Waals surface area contributed by atoms with E-state index >= 15 is 0 Å². The van der Waals surface area contributed by atoms with Crippen LogP contribution in [-0.4, -0.2) is 50.2 Å². The summed E-state index contributed by atoms with van der Waals surface area (Å²) in [5.74, 6) is 4.40. The number of aliphatic hydroxyl groups is 3. The number of benzene rings is 2. The lowest BCUT2D eigenvalue weighted by Gasteiger charge is -2.48. The molecule has 1 aliphatic heterocycles. The summed E-state index contributed by atoms with van der Waals surface area (Å²) in [7, 11) is 0. The zero-order chi connectivity index (χ0) is 25.7. The number of hydrogen-bond donors (Lipinski definition) is 6. The summed E-state index contributed by atoms with van der Waals surface area (Å²) in [4.78, 5) is 27.0. The van der Waals surface area contributed by atoms with E-state index in [9.17, 15) is 30.0 Å². The molecule has 0 spiro atoms. The molecule has 0 amide bonds. The highest BCUT2D eigenvalue weighted by molar-refractivity contribution is 6.31. The van der Waals surface area contributed by atoms with Crippen LogP contribution in [0.25, 0.3) is 0 Å². The van der Waals surface area contributed by atoms with Crippen LogP contribution in [0.5, 0.6) is 5.75 Å². The minimum absolute atomic E-state index is 0.0218. The average molecular weight is 472 g/mol. The second-order valence-corrected chi connectivity index (χ2v) is 8.59. The third-order valence-electron chi connectivity index (χ3n) is 6.61. The Kier molecular flexibility index (Phi) is 6.02. The Balaban J connectivity index is 2.06. The number of nitrogens with two attached hydrogens (primary N) is 1. The van der Waals surface area contributed by atoms with Crippen molar-refractivity contribution < 1.29 is 30.0 Å². The molecule has 35 heavy (non-hydrogen) atoms. The molecule has 0 aromatic heterocycles. The minimum atomic E-state index is -2.32. The Bertz CT molecular complexity index is 1380. The van der Waals surface area contributed by atoms with E-state index in [0.717, 1.165) is 6.07 Å². The van der Waals surface area contributed by atoms with Crippen LogP contribution in [0.4, 0.5) is 5.69 Å². The summed E-state index contributed by atoms with van der Waals surface area (Å²) in [5.41, 5.74) is 3.59. The van der Waals surface area contributed by atoms with E-state index in [0.29, 0.717) is 5.56 Å². The van der Waals surface area contributed by atoms with Crippen LogP contribution in [0.1, 0.15) is 49.9 Å². The van der Waals surface area contributed by atoms with Gasteiger partial charge in [-0.25, -0.2) is 0 Å². The van der Waals surface area contributed by atoms with E-state index in [1.165, 1.54) is 25.1 Å². The molecule has 2 aliphatic rings. The molecule has 1 unspecified atom stereocenters. The third kappa shape index (κ3) is 3.44. The van der Waals surface area contributed by atoms with Gasteiger partial charge in [-0.3, -0.25) is 9.59 Å². The maximum absolute atomic E-state index is 13.6. The highest BCUT2D eigenvalue weighted by Crippen LogP contribution is 2.50. The molecular formula is C27H24N2O6. The number of allylic oxidation sites excluding steroid dienone is 1. The molecule has 7 N–H and O–H groups in total. The van der Waals surface area contributed by atoms with Crippen molar-refractivity contribution in [2.24, 2.45) is 11.7 Å². The minimum Gasteiger partial charge on any atom is -0.507 e. The molecule has 8 heteroatoms. The number of fused-ring (bicyclic) bond motifs is 4. The van der Waals surface area contributed by atoms with Gasteiger partial charge < -0.3 is 31.5 Å². The van der Waals surface area contributed by atoms with Crippen LogP contribution in [0.15, 0.2) is 36.9 Å². The number of terminal acetylenes is 1.